The fraction of sp³-hybridized carbons (Fsp3) is 0.633. The second kappa shape index (κ2) is 11.0. The number of para-hydroxylation sites is 1. The predicted octanol–water partition coefficient (Wildman–Crippen LogP) is 2.49. The summed E-state index contributed by atoms with van der Waals surface area (Å²) in [7, 11) is 0. The number of nitrogens with one attached hydrogen (secondary N) is 3. The summed E-state index contributed by atoms with van der Waals surface area (Å²) in [5.41, 5.74) is -0.340. The van der Waals surface area contributed by atoms with Crippen LogP contribution in [-0.4, -0.2) is 72.5 Å². The van der Waals surface area contributed by atoms with E-state index in [0.29, 0.717) is 42.6 Å². The number of benzene rings is 1. The molecule has 12 heteroatoms. The molecule has 7 atom stereocenters. The van der Waals surface area contributed by atoms with Gasteiger partial charge in [-0.15, -0.1) is 0 Å². The molecule has 3 aliphatic heterocycles. The molecule has 0 radical (unpaired) electrons. The molecule has 11 nitrogen and oxygen atoms in total. The van der Waals surface area contributed by atoms with Crippen LogP contribution in [0.4, 0.5) is 5.69 Å². The zero-order chi connectivity index (χ0) is 30.6. The lowest BCUT2D eigenvalue weighted by Crippen LogP contribution is -2.60. The smallest absolute Gasteiger partial charge is 0.265 e. The first-order valence-electron chi connectivity index (χ1n) is 14.4. The summed E-state index contributed by atoms with van der Waals surface area (Å²) in [5.74, 6) is -1.46. The van der Waals surface area contributed by atoms with Gasteiger partial charge in [-0.2, -0.15) is 5.26 Å². The van der Waals surface area contributed by atoms with E-state index < -0.39 is 41.5 Å². The third kappa shape index (κ3) is 5.54. The number of rotatable bonds is 7. The van der Waals surface area contributed by atoms with Gasteiger partial charge < -0.3 is 30.3 Å². The van der Waals surface area contributed by atoms with E-state index in [1.54, 1.807) is 23.1 Å². The van der Waals surface area contributed by atoms with E-state index in [4.69, 9.17) is 21.1 Å². The van der Waals surface area contributed by atoms with Gasteiger partial charge in [0.25, 0.3) is 5.91 Å². The maximum absolute atomic E-state index is 14.0. The zero-order valence-electron chi connectivity index (χ0n) is 24.5. The fourth-order valence-corrected chi connectivity index (χ4v) is 6.75. The average Bonchev–Trinajstić information content (AvgIpc) is 3.37. The number of carbonyl (C=O) groups is 4. The molecule has 3 fully saturated rings. The van der Waals surface area contributed by atoms with Crippen LogP contribution < -0.4 is 20.7 Å². The molecule has 1 aromatic carbocycles. The molecule has 42 heavy (non-hydrogen) atoms. The minimum Gasteiger partial charge on any atom is -0.477 e. The van der Waals surface area contributed by atoms with Crippen molar-refractivity contribution >= 4 is 40.9 Å². The number of nitriles is 1. The molecule has 2 saturated heterocycles. The predicted molar refractivity (Wildman–Crippen MR) is 153 cm³/mol. The number of hydrogen-bond acceptors (Lipinski definition) is 7. The molecular formula is C30H38ClN5O6. The van der Waals surface area contributed by atoms with Crippen LogP contribution in [0.1, 0.15) is 47.5 Å². The maximum atomic E-state index is 14.0. The number of ether oxygens (including phenoxy) is 2. The molecule has 5 rings (SSSR count). The van der Waals surface area contributed by atoms with E-state index in [1.807, 2.05) is 20.8 Å². The van der Waals surface area contributed by atoms with Gasteiger partial charge in [0, 0.05) is 19.6 Å². The lowest BCUT2D eigenvalue weighted by Gasteiger charge is -2.38. The highest BCUT2D eigenvalue weighted by atomic mass is 35.5. The molecule has 1 aromatic rings. The summed E-state index contributed by atoms with van der Waals surface area (Å²) >= 11 is 6.23. The molecule has 4 aliphatic rings. The first kappa shape index (κ1) is 30.1. The zero-order valence-corrected chi connectivity index (χ0v) is 25.3. The molecule has 4 amide bonds. The molecule has 226 valence electrons. The summed E-state index contributed by atoms with van der Waals surface area (Å²) in [6.07, 6.45) is -0.560. The van der Waals surface area contributed by atoms with Crippen molar-refractivity contribution < 1.29 is 28.7 Å². The van der Waals surface area contributed by atoms with Crippen LogP contribution in [0, 0.1) is 39.9 Å². The molecule has 3 heterocycles. The van der Waals surface area contributed by atoms with Gasteiger partial charge in [-0.25, -0.2) is 0 Å². The van der Waals surface area contributed by atoms with Gasteiger partial charge in [-0.3, -0.25) is 19.2 Å². The third-order valence-corrected chi connectivity index (χ3v) is 9.46. The van der Waals surface area contributed by atoms with Crippen LogP contribution in [0.2, 0.25) is 5.02 Å². The van der Waals surface area contributed by atoms with Crippen LogP contribution >= 0.6 is 11.6 Å². The van der Waals surface area contributed by atoms with E-state index in [2.05, 4.69) is 35.9 Å². The monoisotopic (exact) mass is 599 g/mol. The van der Waals surface area contributed by atoms with E-state index in [0.717, 1.165) is 0 Å². The van der Waals surface area contributed by atoms with Gasteiger partial charge in [-0.1, -0.05) is 52.3 Å². The van der Waals surface area contributed by atoms with Crippen molar-refractivity contribution in [2.24, 2.45) is 28.6 Å². The van der Waals surface area contributed by atoms with Crippen molar-refractivity contribution in [3.05, 3.63) is 23.2 Å². The third-order valence-electron chi connectivity index (χ3n) is 9.16. The number of halogens is 1. The Kier molecular flexibility index (Phi) is 7.92. The molecule has 3 N–H and O–H groups in total. The Hall–Kier alpha value is -3.36. The number of fused-ring (bicyclic) bond motifs is 2. The number of piperidine rings is 1. The Morgan fingerprint density at radius 2 is 1.98 bits per heavy atom. The Labute approximate surface area is 250 Å². The molecule has 2 unspecified atom stereocenters. The van der Waals surface area contributed by atoms with Crippen molar-refractivity contribution in [3.63, 3.8) is 0 Å². The van der Waals surface area contributed by atoms with Crippen LogP contribution in [0.5, 0.6) is 5.75 Å². The first-order valence-corrected chi connectivity index (χ1v) is 14.8. The van der Waals surface area contributed by atoms with Crippen LogP contribution in [0.25, 0.3) is 0 Å². The Morgan fingerprint density at radius 3 is 2.62 bits per heavy atom. The van der Waals surface area contributed by atoms with Gasteiger partial charge in [-0.05, 0) is 41.2 Å². The highest BCUT2D eigenvalue weighted by Gasteiger charge is 2.69. The van der Waals surface area contributed by atoms with Gasteiger partial charge >= 0.3 is 0 Å². The average molecular weight is 600 g/mol. The molecule has 1 saturated carbocycles. The quantitative estimate of drug-likeness (QED) is 0.436. The second-order valence-corrected chi connectivity index (χ2v) is 13.8. The highest BCUT2D eigenvalue weighted by Crippen LogP contribution is 2.65. The molecule has 0 spiro atoms. The molecular weight excluding hydrogens is 562 g/mol. The number of amides is 4. The second-order valence-electron chi connectivity index (χ2n) is 13.4. The standard InChI is InChI=1S/C30H38ClN5O6/c1-29(2,3)24(35-25(37)15-9-10-41-14-15)28(40)36-13-17-21(30(17,4)5)22(36)27(39)33-16(12-32)11-20-26(38)34-19-8-6-7-18(31)23(19)42-20/h6-8,15-17,20-22,24H,9-11,13-14H2,1-5H3,(H,33,39)(H,34,38)(H,35,37)/t15-,16?,17+,20+,21+,22+,24?/m1/s1. The van der Waals surface area contributed by atoms with E-state index in [1.165, 1.54) is 0 Å². The highest BCUT2D eigenvalue weighted by molar-refractivity contribution is 6.32. The van der Waals surface area contributed by atoms with E-state index in [9.17, 15) is 24.4 Å². The van der Waals surface area contributed by atoms with E-state index >= 15 is 0 Å². The van der Waals surface area contributed by atoms with Crippen LogP contribution in [0.15, 0.2) is 18.2 Å². The fourth-order valence-electron chi connectivity index (χ4n) is 6.54. The first-order chi connectivity index (χ1) is 19.7. The largest absolute Gasteiger partial charge is 0.477 e. The normalized spacial score (nSPS) is 28.7. The molecule has 1 aliphatic carbocycles. The van der Waals surface area contributed by atoms with Crippen LogP contribution in [0.3, 0.4) is 0 Å². The number of likely N-dealkylation sites (tertiary alicyclic amines) is 1. The summed E-state index contributed by atoms with van der Waals surface area (Å²) in [5, 5.41) is 18.7. The number of anilines is 1. The van der Waals surface area contributed by atoms with Gasteiger partial charge in [0.05, 0.1) is 29.3 Å². The molecule has 0 bridgehead atoms. The minimum atomic E-state index is -1.06. The summed E-state index contributed by atoms with van der Waals surface area (Å²) in [6.45, 7) is 11.0. The maximum Gasteiger partial charge on any atom is 0.265 e. The Bertz CT molecular complexity index is 1330. The molecule has 0 aromatic heterocycles. The van der Waals surface area contributed by atoms with Crippen molar-refractivity contribution in [2.45, 2.75) is 71.7 Å². The lowest BCUT2D eigenvalue weighted by atomic mass is 9.84. The van der Waals surface area contributed by atoms with Crippen LogP contribution in [-0.2, 0) is 23.9 Å². The van der Waals surface area contributed by atoms with Crippen molar-refractivity contribution in [1.82, 2.24) is 15.5 Å². The number of hydrogen-bond donors (Lipinski definition) is 3. The van der Waals surface area contributed by atoms with Gasteiger partial charge in [0.1, 0.15) is 18.1 Å². The lowest BCUT2D eigenvalue weighted by molar-refractivity contribution is -0.146. The SMILES string of the molecule is CC(C)(C)C(NC(=O)[C@@H]1CCOC1)C(=O)N1C[C@H]2[C@@H]([C@H]1C(=O)NC(C#N)C[C@@H]1Oc3c(Cl)cccc3NC1=O)C2(C)C. The summed E-state index contributed by atoms with van der Waals surface area (Å²) in [4.78, 5) is 55.1. The van der Waals surface area contributed by atoms with Crippen molar-refractivity contribution in [3.8, 4) is 11.8 Å². The van der Waals surface area contributed by atoms with Gasteiger partial charge in [0.2, 0.25) is 17.7 Å². The van der Waals surface area contributed by atoms with E-state index in [-0.39, 0.29) is 41.4 Å². The van der Waals surface area contributed by atoms with Crippen molar-refractivity contribution in [2.75, 3.05) is 25.1 Å². The summed E-state index contributed by atoms with van der Waals surface area (Å²) < 4.78 is 11.2. The van der Waals surface area contributed by atoms with Gasteiger partial charge in [0.15, 0.2) is 11.9 Å². The summed E-state index contributed by atoms with van der Waals surface area (Å²) in [6, 6.07) is 4.31. The topological polar surface area (TPSA) is 150 Å². The Balaban J connectivity index is 1.31. The Morgan fingerprint density at radius 1 is 1.24 bits per heavy atom. The minimum absolute atomic E-state index is 0.0970. The van der Waals surface area contributed by atoms with Crippen molar-refractivity contribution in [1.29, 1.82) is 5.26 Å². The number of carbonyl (C=O) groups excluding carboxylic acids is 4. The number of nitrogens with zero attached hydrogens (tertiary/aromatic N) is 2.